The van der Waals surface area contributed by atoms with Crippen LogP contribution in [0.4, 0.5) is 0 Å². The highest BCUT2D eigenvalue weighted by Gasteiger charge is 2.17. The zero-order chi connectivity index (χ0) is 107. The molecule has 0 fully saturated rings. The van der Waals surface area contributed by atoms with E-state index in [0.717, 1.165) is 0 Å². The summed E-state index contributed by atoms with van der Waals surface area (Å²) in [6.07, 6.45) is 0. The molecular weight excluding hydrogens is 1700 g/mol. The van der Waals surface area contributed by atoms with Crippen LogP contribution in [0, 0.1) is 96.9 Å². The Hall–Kier alpha value is -12.3. The lowest BCUT2D eigenvalue weighted by atomic mass is 10.1. The molecule has 0 aliphatic heterocycles. The van der Waals surface area contributed by atoms with Crippen LogP contribution in [-0.4, -0.2) is 32.0 Å². The van der Waals surface area contributed by atoms with Gasteiger partial charge in [-0.1, -0.05) is 380 Å². The number of benzene rings is 14. The molecule has 0 saturated carbocycles. The molecule has 7 heteroatoms. The average Bonchev–Trinajstić information content (AvgIpc) is 1.60. The summed E-state index contributed by atoms with van der Waals surface area (Å²) in [5, 5.41) is 19.1. The summed E-state index contributed by atoms with van der Waals surface area (Å²) >= 11 is 0. The van der Waals surface area contributed by atoms with Crippen LogP contribution in [0.15, 0.2) is 255 Å². The van der Waals surface area contributed by atoms with E-state index < -0.39 is 0 Å². The van der Waals surface area contributed by atoms with Crippen molar-refractivity contribution in [2.45, 2.75) is 291 Å². The van der Waals surface area contributed by atoms with Crippen LogP contribution in [0.25, 0.3) is 153 Å². The van der Waals surface area contributed by atoms with Gasteiger partial charge in [-0.3, -0.25) is 0 Å². The minimum atomic E-state index is 1.31. The Morgan fingerprint density at radius 2 is 0.293 bits per heavy atom. The lowest BCUT2D eigenvalue weighted by molar-refractivity contribution is 1.01. The van der Waals surface area contributed by atoms with Crippen LogP contribution < -0.4 is 0 Å². The molecule has 0 bridgehead atoms. The van der Waals surface area contributed by atoms with Gasteiger partial charge in [-0.2, -0.15) is 0 Å². The zero-order valence-corrected chi connectivity index (χ0v) is 97.4. The van der Waals surface area contributed by atoms with Gasteiger partial charge in [-0.25, -0.2) is 0 Å². The summed E-state index contributed by atoms with van der Waals surface area (Å²) in [4.78, 5) is 0. The van der Waals surface area contributed by atoms with E-state index in [1.54, 1.807) is 0 Å². The smallest absolute Gasteiger partial charge is 0.0518 e. The molecule has 21 rings (SSSR count). The van der Waals surface area contributed by atoms with Crippen LogP contribution in [0.5, 0.6) is 0 Å². The lowest BCUT2D eigenvalue weighted by Gasteiger charge is -2.01. The summed E-state index contributed by atoms with van der Waals surface area (Å²) in [5.74, 6) is 0. The molecule has 0 spiro atoms. The molecule has 7 nitrogen and oxygen atoms in total. The van der Waals surface area contributed by atoms with Gasteiger partial charge in [0.15, 0.2) is 0 Å². The maximum Gasteiger partial charge on any atom is 0.0518 e. The fraction of sp³-hybridized carbons (Fsp3) is 0.368. The SMILES string of the molecule is CC.CC.CC.CC.CC.CC.CC.CC.CC.CC.CC.CC.CC.CC.Cc1ccc2c(c1)c1cc(C)ccc1n2C.Cc1ccc2c(c1)c1ccc(C)cc1n2C.Cc1ccc2c(c1)c1cccc(C)c1n2C.Cc1ccc2c3c(C)cccc3n(C)c2c1.Cc1ccc2c3ccc(C)cc3n(C)c2c1.Cc1ccc2c3cccc(C)c3n(C)c2c1.Cc1cccc2c1c1cccc(C)c1n2C. The number of hydrogen-bond donors (Lipinski definition) is 0. The number of fused-ring (bicyclic) bond motifs is 21. The molecule has 0 N–H and O–H groups in total. The summed E-state index contributed by atoms with van der Waals surface area (Å²) in [6, 6.07) is 92.6. The van der Waals surface area contributed by atoms with Crippen molar-refractivity contribution in [1.82, 2.24) is 32.0 Å². The van der Waals surface area contributed by atoms with Crippen molar-refractivity contribution in [3.05, 3.63) is 333 Å². The van der Waals surface area contributed by atoms with Gasteiger partial charge < -0.3 is 32.0 Å². The van der Waals surface area contributed by atoms with E-state index in [1.165, 1.54) is 231 Å². The van der Waals surface area contributed by atoms with Crippen molar-refractivity contribution >= 4 is 153 Å². The highest BCUT2D eigenvalue weighted by Crippen LogP contribution is 2.38. The predicted molar refractivity (Wildman–Crippen MR) is 648 cm³/mol. The van der Waals surface area contributed by atoms with Gasteiger partial charge in [0.25, 0.3) is 0 Å². The second-order valence-electron chi connectivity index (χ2n) is 31.9. The summed E-state index contributed by atoms with van der Waals surface area (Å²) in [6.45, 7) is 86.2. The average molecular weight is 1890 g/mol. The van der Waals surface area contributed by atoms with Gasteiger partial charge in [0.1, 0.15) is 0 Å². The molecule has 14 aromatic carbocycles. The summed E-state index contributed by atoms with van der Waals surface area (Å²) in [5.41, 5.74) is 37.1. The van der Waals surface area contributed by atoms with Crippen LogP contribution in [0.1, 0.15) is 272 Å². The van der Waals surface area contributed by atoms with E-state index in [9.17, 15) is 0 Å². The highest BCUT2D eigenvalue weighted by molar-refractivity contribution is 6.15. The monoisotopic (exact) mass is 1880 g/mol. The van der Waals surface area contributed by atoms with E-state index in [4.69, 9.17) is 0 Å². The molecule has 756 valence electrons. The first-order valence-electron chi connectivity index (χ1n) is 53.4. The summed E-state index contributed by atoms with van der Waals surface area (Å²) < 4.78 is 16.0. The van der Waals surface area contributed by atoms with E-state index in [2.05, 4.69) is 433 Å². The van der Waals surface area contributed by atoms with E-state index in [0.29, 0.717) is 0 Å². The standard InChI is InChI=1S/7C15H15N.14C2H6/c1-10-6-5-9-13-14(10)12-8-4-7-11(2)15(12)16(13)3;1-10-5-7-14-13(8-10)12-6-4-11(2)9-15(12)16(14)3;1-10-4-6-14-12(8-10)13-9-11(2)5-7-15(13)16(14)3;1-10-4-6-12-13-7-5-11(2)9-15(13)16(3)14(12)8-10;1-10-7-8-12-14(9-10)16(3)13-6-4-5-11(2)15(12)13;1-10-7-8-12-13-6-4-5-11(2)15(13)16(3)14(12)9-10;1-10-7-8-14-13(9-10)12-6-4-5-11(2)15(12)16(14)3;14*1-2/h7*4-9H,1-3H3;14*1-2H3. The first-order chi connectivity index (χ1) is 67.7. The first kappa shape index (κ1) is 126. The molecule has 0 atom stereocenters. The second-order valence-corrected chi connectivity index (χ2v) is 31.9. The third-order valence-corrected chi connectivity index (χ3v) is 23.6. The van der Waals surface area contributed by atoms with Crippen LogP contribution in [0.3, 0.4) is 0 Å². The quantitative estimate of drug-likeness (QED) is 0.145. The Kier molecular flexibility index (Phi) is 57.5. The third kappa shape index (κ3) is 29.2. The first-order valence-corrected chi connectivity index (χ1v) is 53.4. The van der Waals surface area contributed by atoms with Gasteiger partial charge in [-0.05, 0) is 244 Å². The van der Waals surface area contributed by atoms with Gasteiger partial charge >= 0.3 is 0 Å². The number of aromatic nitrogens is 7. The fourth-order valence-electron chi connectivity index (χ4n) is 17.7. The number of nitrogens with zero attached hydrogens (tertiary/aromatic N) is 7. The molecule has 0 saturated heterocycles. The topological polar surface area (TPSA) is 34.5 Å². The second kappa shape index (κ2) is 64.1. The maximum absolute atomic E-state index is 2.30. The van der Waals surface area contributed by atoms with Crippen molar-refractivity contribution in [2.24, 2.45) is 49.3 Å². The largest absolute Gasteiger partial charge is 0.344 e. The number of rotatable bonds is 0. The molecule has 7 aromatic heterocycles. The van der Waals surface area contributed by atoms with Crippen LogP contribution >= 0.6 is 0 Å². The third-order valence-electron chi connectivity index (χ3n) is 23.6. The number of hydrogen-bond acceptors (Lipinski definition) is 0. The molecule has 140 heavy (non-hydrogen) atoms. The molecule has 21 aromatic rings. The van der Waals surface area contributed by atoms with Crippen molar-refractivity contribution in [3.8, 4) is 0 Å². The molecule has 0 unspecified atom stereocenters. The van der Waals surface area contributed by atoms with Gasteiger partial charge in [-0.15, -0.1) is 0 Å². The minimum Gasteiger partial charge on any atom is -0.344 e. The Labute approximate surface area is 851 Å². The van der Waals surface area contributed by atoms with E-state index in [-0.39, 0.29) is 0 Å². The summed E-state index contributed by atoms with van der Waals surface area (Å²) in [7, 11) is 15.0. The molecule has 0 radical (unpaired) electrons. The van der Waals surface area contributed by atoms with E-state index in [1.807, 2.05) is 194 Å². The molecule has 0 aliphatic rings. The highest BCUT2D eigenvalue weighted by atomic mass is 15.0. The van der Waals surface area contributed by atoms with E-state index >= 15 is 0 Å². The molecular formula is C133H189N7. The normalized spacial score (nSPS) is 9.75. The van der Waals surface area contributed by atoms with Gasteiger partial charge in [0.2, 0.25) is 0 Å². The number of para-hydroxylation sites is 3. The predicted octanol–water partition coefficient (Wildman–Crippen LogP) is 42.0. The molecule has 0 amide bonds. The Morgan fingerprint density at radius 1 is 0.121 bits per heavy atom. The Balaban J connectivity index is 0.000000782. The van der Waals surface area contributed by atoms with Gasteiger partial charge in [0, 0.05) is 185 Å². The van der Waals surface area contributed by atoms with Crippen molar-refractivity contribution in [1.29, 1.82) is 0 Å². The minimum absolute atomic E-state index is 1.31. The van der Waals surface area contributed by atoms with Crippen LogP contribution in [0.2, 0.25) is 0 Å². The van der Waals surface area contributed by atoms with Crippen LogP contribution in [-0.2, 0) is 49.3 Å². The van der Waals surface area contributed by atoms with Crippen molar-refractivity contribution in [2.75, 3.05) is 0 Å². The molecule has 0 aliphatic carbocycles. The van der Waals surface area contributed by atoms with Crippen molar-refractivity contribution < 1.29 is 0 Å². The maximum atomic E-state index is 2.30. The number of aryl methyl sites for hydroxylation is 21. The van der Waals surface area contributed by atoms with Gasteiger partial charge in [0.05, 0.1) is 16.6 Å². The lowest BCUT2D eigenvalue weighted by Crippen LogP contribution is -1.88. The zero-order valence-electron chi connectivity index (χ0n) is 97.4. The molecule has 7 heterocycles. The van der Waals surface area contributed by atoms with Crippen molar-refractivity contribution in [3.63, 3.8) is 0 Å². The Bertz CT molecular complexity index is 7060. The Morgan fingerprint density at radius 3 is 0.621 bits per heavy atom. The fourth-order valence-corrected chi connectivity index (χ4v) is 17.7.